The van der Waals surface area contributed by atoms with Crippen LogP contribution >= 0.6 is 0 Å². The van der Waals surface area contributed by atoms with E-state index in [-0.39, 0.29) is 30.3 Å². The second-order valence-electron chi connectivity index (χ2n) is 10.2. The molecule has 0 fully saturated rings. The van der Waals surface area contributed by atoms with Crippen molar-refractivity contribution >= 4 is 31.0 Å². The van der Waals surface area contributed by atoms with Crippen molar-refractivity contribution in [3.63, 3.8) is 0 Å². The summed E-state index contributed by atoms with van der Waals surface area (Å²) in [6.45, 7) is 6.94. The van der Waals surface area contributed by atoms with Crippen LogP contribution in [0.15, 0.2) is 72.8 Å². The van der Waals surface area contributed by atoms with Gasteiger partial charge in [0.1, 0.15) is 17.6 Å². The number of fused-ring (bicyclic) bond motifs is 1. The molecule has 4 atom stereocenters. The van der Waals surface area contributed by atoms with Gasteiger partial charge >= 0.3 is 0 Å². The molecule has 4 rings (SSSR count). The van der Waals surface area contributed by atoms with Crippen molar-refractivity contribution in [1.29, 1.82) is 0 Å². The highest BCUT2D eigenvalue weighted by Gasteiger charge is 2.47. The van der Waals surface area contributed by atoms with Gasteiger partial charge in [0.05, 0.1) is 21.3 Å². The smallest absolute Gasteiger partial charge is 0.218 e. The lowest BCUT2D eigenvalue weighted by Crippen LogP contribution is -2.54. The summed E-state index contributed by atoms with van der Waals surface area (Å²) in [7, 11) is 1.31. The Morgan fingerprint density at radius 2 is 1.73 bits per heavy atom. The van der Waals surface area contributed by atoms with Crippen LogP contribution in [0.1, 0.15) is 25.0 Å². The lowest BCUT2D eigenvalue weighted by Gasteiger charge is -2.46. The molecule has 7 heteroatoms. The number of aliphatic hydroxyl groups excluding tert-OH is 1. The molecule has 1 aliphatic rings. The molecule has 3 aromatic carbocycles. The Morgan fingerprint density at radius 1 is 1.03 bits per heavy atom. The highest BCUT2D eigenvalue weighted by atomic mass is 28.3. The fourth-order valence-corrected chi connectivity index (χ4v) is 9.18. The highest BCUT2D eigenvalue weighted by Crippen LogP contribution is 2.48. The molecule has 1 heterocycles. The predicted octanol–water partition coefficient (Wildman–Crippen LogP) is 5.44. The van der Waals surface area contributed by atoms with E-state index in [4.69, 9.17) is 14.2 Å². The van der Waals surface area contributed by atoms with Gasteiger partial charge in [0.25, 0.3) is 0 Å². The summed E-state index contributed by atoms with van der Waals surface area (Å²) in [6.07, 6.45) is 1.14. The van der Waals surface area contributed by atoms with Gasteiger partial charge in [-0.1, -0.05) is 55.5 Å². The molecule has 0 saturated heterocycles. The maximum Gasteiger partial charge on any atom is 0.218 e. The molecule has 0 bridgehead atoms. The number of methoxy groups -OCH3 is 2. The average molecular weight is 520 g/mol. The van der Waals surface area contributed by atoms with Gasteiger partial charge in [-0.2, -0.15) is 0 Å². The molecule has 196 valence electrons. The first kappa shape index (κ1) is 26.9. The zero-order chi connectivity index (χ0) is 26.6. The van der Waals surface area contributed by atoms with E-state index in [1.165, 1.54) is 5.19 Å². The Balaban J connectivity index is 1.70. The van der Waals surface area contributed by atoms with Gasteiger partial charge in [0, 0.05) is 36.6 Å². The third-order valence-corrected chi connectivity index (χ3v) is 12.1. The van der Waals surface area contributed by atoms with E-state index in [0.29, 0.717) is 6.42 Å². The molecule has 1 amide bonds. The molecular formula is C30H37NO5Si. The van der Waals surface area contributed by atoms with Crippen molar-refractivity contribution in [1.82, 2.24) is 0 Å². The molecule has 37 heavy (non-hydrogen) atoms. The van der Waals surface area contributed by atoms with Crippen molar-refractivity contribution in [3.05, 3.63) is 78.4 Å². The summed E-state index contributed by atoms with van der Waals surface area (Å²) in [5.74, 6) is 1.63. The third-order valence-electron chi connectivity index (χ3n) is 7.83. The second-order valence-corrected chi connectivity index (χ2v) is 15.0. The van der Waals surface area contributed by atoms with Crippen LogP contribution in [0.4, 0.5) is 11.4 Å². The second kappa shape index (κ2) is 11.5. The monoisotopic (exact) mass is 519 g/mol. The molecule has 0 aliphatic carbocycles. The van der Waals surface area contributed by atoms with Crippen LogP contribution in [0.2, 0.25) is 18.6 Å². The van der Waals surface area contributed by atoms with E-state index in [0.717, 1.165) is 34.8 Å². The van der Waals surface area contributed by atoms with Crippen LogP contribution in [0.3, 0.4) is 0 Å². The summed E-state index contributed by atoms with van der Waals surface area (Å²) in [5, 5.41) is 11.4. The number of rotatable bonds is 10. The fraction of sp³-hybridized carbons (Fsp3) is 0.367. The number of hydrogen-bond acceptors (Lipinski definition) is 5. The largest absolute Gasteiger partial charge is 0.497 e. The first-order valence-electron chi connectivity index (χ1n) is 12.7. The summed E-state index contributed by atoms with van der Waals surface area (Å²) in [4.78, 5) is 13.6. The summed E-state index contributed by atoms with van der Waals surface area (Å²) >= 11 is 0. The number of hydrogen-bond donors (Lipinski definition) is 1. The van der Waals surface area contributed by atoms with Crippen LogP contribution < -0.4 is 19.6 Å². The van der Waals surface area contributed by atoms with Gasteiger partial charge in [-0.15, -0.1) is 0 Å². The topological polar surface area (TPSA) is 68.2 Å². The normalized spacial score (nSPS) is 19.9. The summed E-state index contributed by atoms with van der Waals surface area (Å²) < 4.78 is 18.2. The van der Waals surface area contributed by atoms with E-state index in [9.17, 15) is 9.90 Å². The lowest BCUT2D eigenvalue weighted by atomic mass is 9.86. The molecule has 1 N–H and O–H groups in total. The minimum Gasteiger partial charge on any atom is -0.497 e. The van der Waals surface area contributed by atoms with Gasteiger partial charge in [-0.3, -0.25) is 9.69 Å². The average Bonchev–Trinajstić information content (AvgIpc) is 2.92. The highest BCUT2D eigenvalue weighted by molar-refractivity contribution is 6.91. The lowest BCUT2D eigenvalue weighted by molar-refractivity contribution is -0.106. The number of aliphatic hydroxyl groups is 1. The Bertz CT molecular complexity index is 1180. The zero-order valence-electron chi connectivity index (χ0n) is 22.3. The Labute approximate surface area is 220 Å². The predicted molar refractivity (Wildman–Crippen MR) is 150 cm³/mol. The number of carbonyl (C=O) groups excluding carboxylic acids is 1. The maximum atomic E-state index is 12.0. The van der Waals surface area contributed by atoms with Gasteiger partial charge in [-0.05, 0) is 54.4 Å². The van der Waals surface area contributed by atoms with E-state index in [2.05, 4.69) is 32.2 Å². The standard InChI is InChI=1S/C30H37NO5Si/c1-21-29(35-3)26-19-23(31(20-33)22-9-7-6-8-10-22)11-16-27(26)36-30(21)28(17-18-32)37(4,5)25-14-12-24(34-2)13-15-25/h6-16,19-21,28-30,32H,17-18H2,1-5H3/t21-,28?,29-,30-/m1/s1. The number of para-hydroxylation sites is 1. The van der Waals surface area contributed by atoms with Crippen molar-refractivity contribution < 1.29 is 24.1 Å². The van der Waals surface area contributed by atoms with Crippen molar-refractivity contribution in [2.75, 3.05) is 25.7 Å². The Hall–Kier alpha value is -3.13. The number of amides is 1. The van der Waals surface area contributed by atoms with Gasteiger partial charge in [-0.25, -0.2) is 0 Å². The van der Waals surface area contributed by atoms with Crippen molar-refractivity contribution in [2.45, 2.75) is 44.2 Å². The SMILES string of the molecule is COc1ccc([Si](C)(C)C(CCO)[C@@H]2Oc3ccc(N(C=O)c4ccccc4)cc3[C@H](OC)[C@H]2C)cc1. The quantitative estimate of drug-likeness (QED) is 0.285. The minimum atomic E-state index is -2.09. The van der Waals surface area contributed by atoms with Crippen molar-refractivity contribution in [3.8, 4) is 11.5 Å². The maximum absolute atomic E-state index is 12.0. The Morgan fingerprint density at radius 3 is 2.32 bits per heavy atom. The number of carbonyl (C=O) groups is 1. The van der Waals surface area contributed by atoms with Crippen LogP contribution in [0.25, 0.3) is 0 Å². The van der Waals surface area contributed by atoms with Crippen molar-refractivity contribution in [2.24, 2.45) is 5.92 Å². The molecule has 1 aliphatic heterocycles. The fourth-order valence-electron chi connectivity index (χ4n) is 5.68. The minimum absolute atomic E-state index is 0.0377. The van der Waals surface area contributed by atoms with Gasteiger partial charge < -0.3 is 19.3 Å². The molecular weight excluding hydrogens is 482 g/mol. The van der Waals surface area contributed by atoms with Crippen LogP contribution in [0.5, 0.6) is 11.5 Å². The van der Waals surface area contributed by atoms with Gasteiger partial charge in [0.15, 0.2) is 0 Å². The summed E-state index contributed by atoms with van der Waals surface area (Å²) in [6, 6.07) is 23.7. The van der Waals surface area contributed by atoms with Crippen LogP contribution in [-0.4, -0.2) is 46.5 Å². The molecule has 0 radical (unpaired) electrons. The molecule has 0 spiro atoms. The number of benzene rings is 3. The first-order chi connectivity index (χ1) is 17.8. The van der Waals surface area contributed by atoms with E-state index in [1.807, 2.05) is 60.7 Å². The number of nitrogens with zero attached hydrogens (tertiary/aromatic N) is 1. The molecule has 3 aromatic rings. The van der Waals surface area contributed by atoms with Crippen LogP contribution in [-0.2, 0) is 9.53 Å². The first-order valence-corrected chi connectivity index (χ1v) is 15.8. The number of anilines is 2. The molecule has 6 nitrogen and oxygen atoms in total. The van der Waals surface area contributed by atoms with Crippen LogP contribution in [0, 0.1) is 5.92 Å². The van der Waals surface area contributed by atoms with E-state index in [1.54, 1.807) is 19.1 Å². The molecule has 0 saturated carbocycles. The Kier molecular flexibility index (Phi) is 8.37. The van der Waals surface area contributed by atoms with E-state index >= 15 is 0 Å². The third kappa shape index (κ3) is 5.30. The van der Waals surface area contributed by atoms with Gasteiger partial charge in [0.2, 0.25) is 6.41 Å². The molecule has 0 aromatic heterocycles. The molecule has 1 unspecified atom stereocenters. The summed E-state index contributed by atoms with van der Waals surface area (Å²) in [5.41, 5.74) is 2.64. The number of ether oxygens (including phenoxy) is 3. The zero-order valence-corrected chi connectivity index (χ0v) is 23.3. The van der Waals surface area contributed by atoms with E-state index < -0.39 is 8.07 Å².